The van der Waals surface area contributed by atoms with Crippen LogP contribution in [0.25, 0.3) is 11.1 Å². The minimum Gasteiger partial charge on any atom is -0.350 e. The van der Waals surface area contributed by atoms with Crippen LogP contribution in [0.5, 0.6) is 0 Å². The Kier molecular flexibility index (Phi) is 6.32. The zero-order valence-electron chi connectivity index (χ0n) is 13.2. The van der Waals surface area contributed by atoms with Crippen LogP contribution in [0.2, 0.25) is 0 Å². The molecule has 0 fully saturated rings. The molecule has 0 atom stereocenters. The number of fused-ring (bicyclic) bond motifs is 1. The van der Waals surface area contributed by atoms with E-state index in [9.17, 15) is 4.79 Å². The van der Waals surface area contributed by atoms with Crippen molar-refractivity contribution < 1.29 is 9.32 Å². The third-order valence-electron chi connectivity index (χ3n) is 4.01. The van der Waals surface area contributed by atoms with E-state index in [0.717, 1.165) is 30.3 Å². The second-order valence-electron chi connectivity index (χ2n) is 5.31. The SMILES string of the molecule is CCc1noc2ncc(C(=O)NCC(N)(CC)CC)cc12.Cl. The molecule has 1 amide bonds. The number of amides is 1. The van der Waals surface area contributed by atoms with Crippen molar-refractivity contribution in [1.82, 2.24) is 15.5 Å². The first-order valence-corrected chi connectivity index (χ1v) is 7.34. The van der Waals surface area contributed by atoms with Gasteiger partial charge in [0.2, 0.25) is 0 Å². The van der Waals surface area contributed by atoms with Gasteiger partial charge in [0, 0.05) is 18.3 Å². The zero-order valence-corrected chi connectivity index (χ0v) is 14.0. The van der Waals surface area contributed by atoms with Crippen molar-refractivity contribution in [3.05, 3.63) is 23.5 Å². The number of carbonyl (C=O) groups excluding carboxylic acids is 1. The van der Waals surface area contributed by atoms with Crippen LogP contribution in [-0.2, 0) is 6.42 Å². The van der Waals surface area contributed by atoms with Crippen LogP contribution < -0.4 is 11.1 Å². The Balaban J connectivity index is 0.00000242. The lowest BCUT2D eigenvalue weighted by Crippen LogP contribution is -2.49. The van der Waals surface area contributed by atoms with Gasteiger partial charge < -0.3 is 15.6 Å². The van der Waals surface area contributed by atoms with Crippen molar-refractivity contribution in [1.29, 1.82) is 0 Å². The van der Waals surface area contributed by atoms with Gasteiger partial charge in [-0.15, -0.1) is 12.4 Å². The third-order valence-corrected chi connectivity index (χ3v) is 4.01. The summed E-state index contributed by atoms with van der Waals surface area (Å²) in [6, 6.07) is 1.77. The Labute approximate surface area is 136 Å². The predicted octanol–water partition coefficient (Wildman–Crippen LogP) is 2.45. The molecule has 0 saturated heterocycles. The van der Waals surface area contributed by atoms with Gasteiger partial charge in [0.1, 0.15) is 0 Å². The molecule has 0 aromatic carbocycles. The van der Waals surface area contributed by atoms with Gasteiger partial charge in [0.25, 0.3) is 11.6 Å². The van der Waals surface area contributed by atoms with Crippen LogP contribution in [0.15, 0.2) is 16.8 Å². The lowest BCUT2D eigenvalue weighted by molar-refractivity contribution is 0.0942. The Morgan fingerprint density at radius 2 is 2.05 bits per heavy atom. The number of nitrogens with zero attached hydrogens (tertiary/aromatic N) is 2. The molecule has 2 aromatic rings. The molecule has 2 aromatic heterocycles. The van der Waals surface area contributed by atoms with Crippen LogP contribution in [0.1, 0.15) is 49.7 Å². The van der Waals surface area contributed by atoms with Gasteiger partial charge in [0.15, 0.2) is 0 Å². The largest absolute Gasteiger partial charge is 0.350 e. The molecule has 7 heteroatoms. The van der Waals surface area contributed by atoms with Crippen LogP contribution in [0.3, 0.4) is 0 Å². The predicted molar refractivity (Wildman–Crippen MR) is 88.3 cm³/mol. The summed E-state index contributed by atoms with van der Waals surface area (Å²) in [5, 5.41) is 7.60. The molecular weight excluding hydrogens is 304 g/mol. The van der Waals surface area contributed by atoms with E-state index in [1.807, 2.05) is 20.8 Å². The molecule has 0 radical (unpaired) electrons. The number of aromatic nitrogens is 2. The number of halogens is 1. The Morgan fingerprint density at radius 1 is 1.36 bits per heavy atom. The molecule has 2 rings (SSSR count). The maximum Gasteiger partial charge on any atom is 0.257 e. The highest BCUT2D eigenvalue weighted by molar-refractivity contribution is 5.97. The number of hydrogen-bond donors (Lipinski definition) is 2. The lowest BCUT2D eigenvalue weighted by atomic mass is 9.94. The normalized spacial score (nSPS) is 11.3. The average Bonchev–Trinajstić information content (AvgIpc) is 2.94. The fraction of sp³-hybridized carbons (Fsp3) is 0.533. The summed E-state index contributed by atoms with van der Waals surface area (Å²) in [7, 11) is 0. The molecule has 22 heavy (non-hydrogen) atoms. The number of nitrogens with two attached hydrogens (primary N) is 1. The van der Waals surface area contributed by atoms with Crippen molar-refractivity contribution >= 4 is 29.4 Å². The van der Waals surface area contributed by atoms with E-state index in [1.54, 1.807) is 6.07 Å². The second-order valence-corrected chi connectivity index (χ2v) is 5.31. The van der Waals surface area contributed by atoms with Gasteiger partial charge in [0.05, 0.1) is 16.6 Å². The first-order valence-electron chi connectivity index (χ1n) is 7.34. The number of rotatable bonds is 6. The summed E-state index contributed by atoms with van der Waals surface area (Å²) in [5.74, 6) is -0.177. The fourth-order valence-corrected chi connectivity index (χ4v) is 2.12. The smallest absolute Gasteiger partial charge is 0.257 e. The van der Waals surface area contributed by atoms with Crippen LogP contribution in [-0.4, -0.2) is 28.1 Å². The number of carbonyl (C=O) groups is 1. The summed E-state index contributed by atoms with van der Waals surface area (Å²) < 4.78 is 5.11. The first kappa shape index (κ1) is 18.4. The van der Waals surface area contributed by atoms with Gasteiger partial charge in [-0.2, -0.15) is 0 Å². The van der Waals surface area contributed by atoms with E-state index in [-0.39, 0.29) is 23.9 Å². The third kappa shape index (κ3) is 3.75. The molecule has 0 unspecified atom stereocenters. The van der Waals surface area contributed by atoms with Crippen LogP contribution in [0.4, 0.5) is 0 Å². The highest BCUT2D eigenvalue weighted by Crippen LogP contribution is 2.18. The van der Waals surface area contributed by atoms with Gasteiger partial charge in [-0.3, -0.25) is 4.79 Å². The maximum atomic E-state index is 12.2. The number of pyridine rings is 1. The molecule has 3 N–H and O–H groups in total. The van der Waals surface area contributed by atoms with E-state index < -0.39 is 0 Å². The van der Waals surface area contributed by atoms with Gasteiger partial charge in [-0.1, -0.05) is 25.9 Å². The topological polar surface area (TPSA) is 94.0 Å². The van der Waals surface area contributed by atoms with E-state index in [2.05, 4.69) is 15.5 Å². The van der Waals surface area contributed by atoms with Crippen molar-refractivity contribution in [2.45, 2.75) is 45.6 Å². The maximum absolute atomic E-state index is 12.2. The van der Waals surface area contributed by atoms with Crippen molar-refractivity contribution in [2.24, 2.45) is 5.73 Å². The van der Waals surface area contributed by atoms with Crippen molar-refractivity contribution in [2.75, 3.05) is 6.54 Å². The summed E-state index contributed by atoms with van der Waals surface area (Å²) >= 11 is 0. The minimum atomic E-state index is -0.362. The summed E-state index contributed by atoms with van der Waals surface area (Å²) in [5.41, 5.74) is 7.59. The van der Waals surface area contributed by atoms with E-state index >= 15 is 0 Å². The van der Waals surface area contributed by atoms with Gasteiger partial charge in [-0.25, -0.2) is 4.98 Å². The number of aryl methyl sites for hydroxylation is 1. The molecule has 2 heterocycles. The standard InChI is InChI=1S/C15H22N4O2.ClH/c1-4-12-11-7-10(8-17-14(11)21-19-12)13(20)18-9-15(16,5-2)6-3;/h7-8H,4-6,9,16H2,1-3H3,(H,18,20);1H. The van der Waals surface area contributed by atoms with E-state index in [1.165, 1.54) is 6.20 Å². The number of hydrogen-bond acceptors (Lipinski definition) is 5. The molecule has 0 saturated carbocycles. The number of nitrogens with one attached hydrogen (secondary N) is 1. The molecule has 0 aliphatic rings. The molecule has 0 aliphatic heterocycles. The first-order chi connectivity index (χ1) is 10.0. The molecule has 0 bridgehead atoms. The Morgan fingerprint density at radius 3 is 2.64 bits per heavy atom. The zero-order chi connectivity index (χ0) is 15.5. The van der Waals surface area contributed by atoms with Gasteiger partial charge >= 0.3 is 0 Å². The average molecular weight is 327 g/mol. The van der Waals surface area contributed by atoms with Crippen LogP contribution >= 0.6 is 12.4 Å². The van der Waals surface area contributed by atoms with E-state index in [0.29, 0.717) is 17.8 Å². The second kappa shape index (κ2) is 7.56. The van der Waals surface area contributed by atoms with Crippen LogP contribution in [0, 0.1) is 0 Å². The minimum absolute atomic E-state index is 0. The Hall–Kier alpha value is -1.66. The summed E-state index contributed by atoms with van der Waals surface area (Å²) in [6.07, 6.45) is 3.86. The Bertz CT molecular complexity index is 638. The van der Waals surface area contributed by atoms with Gasteiger partial charge in [-0.05, 0) is 25.3 Å². The highest BCUT2D eigenvalue weighted by atomic mass is 35.5. The molecule has 0 aliphatic carbocycles. The summed E-state index contributed by atoms with van der Waals surface area (Å²) in [6.45, 7) is 6.47. The molecule has 122 valence electrons. The molecular formula is C15H23ClN4O2. The molecule has 6 nitrogen and oxygen atoms in total. The quantitative estimate of drug-likeness (QED) is 0.850. The fourth-order valence-electron chi connectivity index (χ4n) is 2.12. The summed E-state index contributed by atoms with van der Waals surface area (Å²) in [4.78, 5) is 16.4. The monoisotopic (exact) mass is 326 g/mol. The van der Waals surface area contributed by atoms with E-state index in [4.69, 9.17) is 10.3 Å². The van der Waals surface area contributed by atoms with Crippen molar-refractivity contribution in [3.8, 4) is 0 Å². The lowest BCUT2D eigenvalue weighted by Gasteiger charge is -2.26. The highest BCUT2D eigenvalue weighted by Gasteiger charge is 2.21. The van der Waals surface area contributed by atoms with Crippen molar-refractivity contribution in [3.63, 3.8) is 0 Å². The molecule has 0 spiro atoms.